The Labute approximate surface area is 158 Å². The van der Waals surface area contributed by atoms with Gasteiger partial charge < -0.3 is 15.4 Å². The number of hydrogen-bond donors (Lipinski definition) is 2. The Morgan fingerprint density at radius 3 is 2.32 bits per heavy atom. The Morgan fingerprint density at radius 2 is 1.82 bits per heavy atom. The zero-order valence-electron chi connectivity index (χ0n) is 15.0. The van der Waals surface area contributed by atoms with Gasteiger partial charge >= 0.3 is 12.4 Å². The lowest BCUT2D eigenvalue weighted by Crippen LogP contribution is -2.55. The highest BCUT2D eigenvalue weighted by Gasteiger charge is 2.50. The molecule has 2 fully saturated rings. The first-order valence-corrected chi connectivity index (χ1v) is 8.56. The molecule has 11 heteroatoms. The maximum atomic E-state index is 12.2. The molecule has 0 bridgehead atoms. The van der Waals surface area contributed by atoms with Crippen molar-refractivity contribution in [2.45, 2.75) is 24.7 Å². The average Bonchev–Trinajstić information content (AvgIpc) is 2.82. The van der Waals surface area contributed by atoms with Gasteiger partial charge in [-0.15, -0.1) is 13.2 Å². The van der Waals surface area contributed by atoms with E-state index in [1.165, 1.54) is 19.2 Å². The number of urea groups is 1. The molecule has 0 unspecified atom stereocenters. The molecule has 1 aromatic rings. The highest BCUT2D eigenvalue weighted by Crippen LogP contribution is 2.29. The minimum Gasteiger partial charge on any atom is -0.406 e. The summed E-state index contributed by atoms with van der Waals surface area (Å²) in [6.07, 6.45) is -3.97. The number of hydrogen-bond acceptors (Lipinski definition) is 5. The Morgan fingerprint density at radius 1 is 1.21 bits per heavy atom. The number of nitrogens with one attached hydrogen (secondary N) is 2. The van der Waals surface area contributed by atoms with E-state index < -0.39 is 17.9 Å². The fourth-order valence-electron chi connectivity index (χ4n) is 3.33. The minimum absolute atomic E-state index is 0.0643. The molecule has 2 N–H and O–H groups in total. The summed E-state index contributed by atoms with van der Waals surface area (Å²) in [5.41, 5.74) is -0.555. The van der Waals surface area contributed by atoms with Gasteiger partial charge in [0, 0.05) is 25.8 Å². The third kappa shape index (κ3) is 4.35. The van der Waals surface area contributed by atoms with Crippen molar-refractivity contribution >= 4 is 23.5 Å². The van der Waals surface area contributed by atoms with Gasteiger partial charge in [0.15, 0.2) is 0 Å². The van der Waals surface area contributed by atoms with E-state index in [-0.39, 0.29) is 24.1 Å². The molecular formula is C17H19F3N4O4. The number of amides is 4. The molecule has 0 aromatic heterocycles. The fourth-order valence-corrected chi connectivity index (χ4v) is 3.33. The predicted octanol–water partition coefficient (Wildman–Crippen LogP) is 1.54. The van der Waals surface area contributed by atoms with Gasteiger partial charge in [-0.2, -0.15) is 0 Å². The molecule has 152 valence electrons. The molecule has 0 saturated carbocycles. The van der Waals surface area contributed by atoms with Crippen LogP contribution >= 0.6 is 0 Å². The number of imide groups is 1. The van der Waals surface area contributed by atoms with Crippen LogP contribution in [0.2, 0.25) is 0 Å². The van der Waals surface area contributed by atoms with Gasteiger partial charge in [-0.25, -0.2) is 4.79 Å². The van der Waals surface area contributed by atoms with E-state index in [2.05, 4.69) is 15.4 Å². The van der Waals surface area contributed by atoms with E-state index in [0.29, 0.717) is 31.6 Å². The van der Waals surface area contributed by atoms with Crippen LogP contribution in [-0.2, 0) is 9.59 Å². The van der Waals surface area contributed by atoms with Crippen LogP contribution in [0.25, 0.3) is 0 Å². The molecule has 4 amide bonds. The summed E-state index contributed by atoms with van der Waals surface area (Å²) in [5.74, 6) is -0.970. The number of benzene rings is 1. The molecule has 8 nitrogen and oxygen atoms in total. The third-order valence-corrected chi connectivity index (χ3v) is 4.81. The summed E-state index contributed by atoms with van der Waals surface area (Å²) in [5, 5.41) is 5.32. The van der Waals surface area contributed by atoms with E-state index in [1.807, 2.05) is 4.90 Å². The van der Waals surface area contributed by atoms with Crippen LogP contribution in [0.5, 0.6) is 5.75 Å². The number of anilines is 1. The summed E-state index contributed by atoms with van der Waals surface area (Å²) in [7, 11) is 1.43. The summed E-state index contributed by atoms with van der Waals surface area (Å²) < 4.78 is 40.2. The van der Waals surface area contributed by atoms with Crippen molar-refractivity contribution in [3.05, 3.63) is 24.3 Å². The van der Waals surface area contributed by atoms with E-state index in [1.54, 1.807) is 0 Å². The lowest BCUT2D eigenvalue weighted by Gasteiger charge is -2.36. The maximum Gasteiger partial charge on any atom is 0.573 e. The molecule has 1 aromatic carbocycles. The summed E-state index contributed by atoms with van der Waals surface area (Å²) in [6, 6.07) is 4.42. The number of piperidine rings is 1. The number of carbonyl (C=O) groups is 3. The molecule has 0 aliphatic carbocycles. The van der Waals surface area contributed by atoms with Gasteiger partial charge in [0.25, 0.3) is 5.91 Å². The number of rotatable bonds is 4. The van der Waals surface area contributed by atoms with Gasteiger partial charge in [-0.1, -0.05) is 0 Å². The molecule has 1 spiro atoms. The first kappa shape index (κ1) is 19.9. The quantitative estimate of drug-likeness (QED) is 0.749. The number of carbonyl (C=O) groups excluding carboxylic acids is 3. The van der Waals surface area contributed by atoms with Crippen molar-refractivity contribution in [1.29, 1.82) is 0 Å². The SMILES string of the molecule is CN1C(=O)NC2(CCN(CC(=O)Nc3ccc(OC(F)(F)F)cc3)CC2)C1=O. The fraction of sp³-hybridized carbons (Fsp3) is 0.471. The van der Waals surface area contributed by atoms with Crippen molar-refractivity contribution in [1.82, 2.24) is 15.1 Å². The number of nitrogens with zero attached hydrogens (tertiary/aromatic N) is 2. The largest absolute Gasteiger partial charge is 0.573 e. The lowest BCUT2D eigenvalue weighted by atomic mass is 9.87. The normalized spacial score (nSPS) is 19.6. The maximum absolute atomic E-state index is 12.2. The van der Waals surface area contributed by atoms with E-state index in [9.17, 15) is 27.6 Å². The monoisotopic (exact) mass is 400 g/mol. The van der Waals surface area contributed by atoms with Crippen molar-refractivity contribution in [2.75, 3.05) is 32.0 Å². The molecule has 2 aliphatic heterocycles. The second kappa shape index (κ2) is 7.30. The molecule has 0 atom stereocenters. The molecule has 2 aliphatic rings. The van der Waals surface area contributed by atoms with E-state index in [0.717, 1.165) is 17.0 Å². The number of halogens is 3. The van der Waals surface area contributed by atoms with Gasteiger partial charge in [-0.3, -0.25) is 19.4 Å². The minimum atomic E-state index is -4.77. The summed E-state index contributed by atoms with van der Waals surface area (Å²) in [4.78, 5) is 39.0. The number of ether oxygens (including phenoxy) is 1. The van der Waals surface area contributed by atoms with Crippen molar-refractivity contribution in [3.63, 3.8) is 0 Å². The van der Waals surface area contributed by atoms with Crippen LogP contribution in [0.15, 0.2) is 24.3 Å². The van der Waals surface area contributed by atoms with Gasteiger partial charge in [0.1, 0.15) is 11.3 Å². The Balaban J connectivity index is 1.49. The van der Waals surface area contributed by atoms with E-state index >= 15 is 0 Å². The van der Waals surface area contributed by atoms with Gasteiger partial charge in [-0.05, 0) is 37.1 Å². The molecule has 2 heterocycles. The van der Waals surface area contributed by atoms with Crippen molar-refractivity contribution in [3.8, 4) is 5.75 Å². The molecular weight excluding hydrogens is 381 g/mol. The topological polar surface area (TPSA) is 91.0 Å². The van der Waals surface area contributed by atoms with Crippen LogP contribution in [-0.4, -0.2) is 66.2 Å². The second-order valence-corrected chi connectivity index (χ2v) is 6.77. The smallest absolute Gasteiger partial charge is 0.406 e. The first-order chi connectivity index (χ1) is 13.1. The van der Waals surface area contributed by atoms with Crippen LogP contribution in [0.3, 0.4) is 0 Å². The number of likely N-dealkylation sites (N-methyl/N-ethyl adjacent to an activating group) is 1. The van der Waals surface area contributed by atoms with Crippen LogP contribution in [0.1, 0.15) is 12.8 Å². The number of alkyl halides is 3. The molecule has 0 radical (unpaired) electrons. The van der Waals surface area contributed by atoms with Gasteiger partial charge in [0.2, 0.25) is 5.91 Å². The van der Waals surface area contributed by atoms with Crippen LogP contribution in [0.4, 0.5) is 23.7 Å². The highest BCUT2D eigenvalue weighted by atomic mass is 19.4. The number of likely N-dealkylation sites (tertiary alicyclic amines) is 1. The predicted molar refractivity (Wildman–Crippen MR) is 91.5 cm³/mol. The van der Waals surface area contributed by atoms with Gasteiger partial charge in [0.05, 0.1) is 6.54 Å². The second-order valence-electron chi connectivity index (χ2n) is 6.77. The standard InChI is InChI=1S/C17H19F3N4O4/c1-23-14(26)16(22-15(23)27)6-8-24(9-7-16)10-13(25)21-11-2-4-12(5-3-11)28-17(18,19)20/h2-5H,6-10H2,1H3,(H,21,25)(H,22,27). The van der Waals surface area contributed by atoms with Crippen LogP contribution in [0, 0.1) is 0 Å². The third-order valence-electron chi connectivity index (χ3n) is 4.81. The summed E-state index contributed by atoms with van der Waals surface area (Å²) in [6.45, 7) is 0.964. The molecule has 2 saturated heterocycles. The first-order valence-electron chi connectivity index (χ1n) is 8.56. The van der Waals surface area contributed by atoms with Crippen molar-refractivity contribution < 1.29 is 32.3 Å². The Hall–Kier alpha value is -2.82. The average molecular weight is 400 g/mol. The Kier molecular flexibility index (Phi) is 5.20. The summed E-state index contributed by atoms with van der Waals surface area (Å²) >= 11 is 0. The molecule has 3 rings (SSSR count). The van der Waals surface area contributed by atoms with Crippen molar-refractivity contribution in [2.24, 2.45) is 0 Å². The lowest BCUT2D eigenvalue weighted by molar-refractivity contribution is -0.274. The zero-order chi connectivity index (χ0) is 20.5. The van der Waals surface area contributed by atoms with E-state index in [4.69, 9.17) is 0 Å². The zero-order valence-corrected chi connectivity index (χ0v) is 15.0. The molecule has 28 heavy (non-hydrogen) atoms. The Bertz CT molecular complexity index is 774. The highest BCUT2D eigenvalue weighted by molar-refractivity contribution is 6.06. The van der Waals surface area contributed by atoms with Crippen LogP contribution < -0.4 is 15.4 Å².